The highest BCUT2D eigenvalue weighted by Gasteiger charge is 2.34. The van der Waals surface area contributed by atoms with Gasteiger partial charge in [0, 0.05) is 26.2 Å². The van der Waals surface area contributed by atoms with E-state index in [1.807, 2.05) is 12.1 Å². The third-order valence-electron chi connectivity index (χ3n) is 4.98. The first-order valence-electron chi connectivity index (χ1n) is 8.57. The standard InChI is InChI=1S/C17H24N2O4S/c20-17(21)15-8-6-14(7-9-15)16-5-4-12-19(13-16)24(22,23)18-10-2-1-3-11-18/h6-9,16H,1-5,10-13H2,(H,20,21). The largest absolute Gasteiger partial charge is 0.478 e. The quantitative estimate of drug-likeness (QED) is 0.902. The van der Waals surface area contributed by atoms with Crippen molar-refractivity contribution in [1.29, 1.82) is 0 Å². The molecule has 2 heterocycles. The van der Waals surface area contributed by atoms with Gasteiger partial charge in [-0.2, -0.15) is 17.0 Å². The minimum Gasteiger partial charge on any atom is -0.478 e. The molecular formula is C17H24N2O4S. The van der Waals surface area contributed by atoms with E-state index in [9.17, 15) is 13.2 Å². The molecule has 2 saturated heterocycles. The number of hydrogen-bond acceptors (Lipinski definition) is 3. The van der Waals surface area contributed by atoms with Crippen molar-refractivity contribution in [3.63, 3.8) is 0 Å². The number of carboxylic acid groups (broad SMARTS) is 1. The van der Waals surface area contributed by atoms with E-state index in [0.29, 0.717) is 26.2 Å². The Labute approximate surface area is 143 Å². The van der Waals surface area contributed by atoms with Gasteiger partial charge in [-0.05, 0) is 49.3 Å². The predicted octanol–water partition coefficient (Wildman–Crippen LogP) is 2.29. The Morgan fingerprint density at radius 1 is 0.958 bits per heavy atom. The Bertz CT molecular complexity index is 681. The second-order valence-corrected chi connectivity index (χ2v) is 8.52. The first-order valence-corrected chi connectivity index (χ1v) is 9.96. The predicted molar refractivity (Wildman–Crippen MR) is 91.3 cm³/mol. The molecule has 2 aliphatic heterocycles. The molecule has 0 radical (unpaired) electrons. The summed E-state index contributed by atoms with van der Waals surface area (Å²) >= 11 is 0. The average Bonchev–Trinajstić information content (AvgIpc) is 2.62. The van der Waals surface area contributed by atoms with E-state index >= 15 is 0 Å². The molecule has 3 rings (SSSR count). The highest BCUT2D eigenvalue weighted by molar-refractivity contribution is 7.86. The van der Waals surface area contributed by atoms with Crippen LogP contribution in [0.5, 0.6) is 0 Å². The van der Waals surface area contributed by atoms with Crippen LogP contribution in [0.1, 0.15) is 53.9 Å². The first kappa shape index (κ1) is 17.4. The van der Waals surface area contributed by atoms with Crippen molar-refractivity contribution in [1.82, 2.24) is 8.61 Å². The van der Waals surface area contributed by atoms with Gasteiger partial charge in [0.2, 0.25) is 0 Å². The SMILES string of the molecule is O=C(O)c1ccc(C2CCCN(S(=O)(=O)N3CCCCC3)C2)cc1. The zero-order valence-electron chi connectivity index (χ0n) is 13.7. The second kappa shape index (κ2) is 7.21. The molecule has 1 aromatic rings. The Kier molecular flexibility index (Phi) is 5.22. The van der Waals surface area contributed by atoms with Crippen molar-refractivity contribution in [2.45, 2.75) is 38.0 Å². The van der Waals surface area contributed by atoms with E-state index in [2.05, 4.69) is 0 Å². The van der Waals surface area contributed by atoms with E-state index < -0.39 is 16.2 Å². The molecule has 0 saturated carbocycles. The number of rotatable bonds is 4. The van der Waals surface area contributed by atoms with E-state index in [4.69, 9.17) is 5.11 Å². The summed E-state index contributed by atoms with van der Waals surface area (Å²) in [6.45, 7) is 2.29. The minimum atomic E-state index is -3.38. The van der Waals surface area contributed by atoms with Crippen molar-refractivity contribution in [2.24, 2.45) is 0 Å². The molecule has 0 aromatic heterocycles. The molecule has 1 aromatic carbocycles. The first-order chi connectivity index (χ1) is 11.5. The number of nitrogens with zero attached hydrogens (tertiary/aromatic N) is 2. The topological polar surface area (TPSA) is 77.9 Å². The molecule has 0 aliphatic carbocycles. The van der Waals surface area contributed by atoms with Gasteiger partial charge in [0.1, 0.15) is 0 Å². The summed E-state index contributed by atoms with van der Waals surface area (Å²) in [4.78, 5) is 11.0. The van der Waals surface area contributed by atoms with Crippen LogP contribution in [0.2, 0.25) is 0 Å². The Morgan fingerprint density at radius 2 is 1.58 bits per heavy atom. The molecule has 132 valence electrons. The summed E-state index contributed by atoms with van der Waals surface area (Å²) in [5, 5.41) is 8.99. The highest BCUT2D eigenvalue weighted by Crippen LogP contribution is 2.30. The molecular weight excluding hydrogens is 328 g/mol. The zero-order valence-corrected chi connectivity index (χ0v) is 14.5. The van der Waals surface area contributed by atoms with Gasteiger partial charge in [0.25, 0.3) is 10.2 Å². The monoisotopic (exact) mass is 352 g/mol. The van der Waals surface area contributed by atoms with Gasteiger partial charge in [0.05, 0.1) is 5.56 Å². The van der Waals surface area contributed by atoms with E-state index in [-0.39, 0.29) is 11.5 Å². The number of aromatic carboxylic acids is 1. The molecule has 24 heavy (non-hydrogen) atoms. The summed E-state index contributed by atoms with van der Waals surface area (Å²) in [7, 11) is -3.38. The number of carboxylic acids is 1. The maximum Gasteiger partial charge on any atom is 0.335 e. The lowest BCUT2D eigenvalue weighted by Gasteiger charge is -2.37. The third-order valence-corrected chi connectivity index (χ3v) is 6.98. The van der Waals surface area contributed by atoms with E-state index in [0.717, 1.165) is 37.7 Å². The lowest BCUT2D eigenvalue weighted by molar-refractivity contribution is 0.0697. The molecule has 2 aliphatic rings. The molecule has 0 spiro atoms. The Hall–Kier alpha value is -1.44. The van der Waals surface area contributed by atoms with Gasteiger partial charge < -0.3 is 5.11 Å². The Morgan fingerprint density at radius 3 is 2.21 bits per heavy atom. The highest BCUT2D eigenvalue weighted by atomic mass is 32.2. The summed E-state index contributed by atoms with van der Waals surface area (Å²) < 4.78 is 28.9. The van der Waals surface area contributed by atoms with Crippen LogP contribution in [0.4, 0.5) is 0 Å². The molecule has 1 unspecified atom stereocenters. The van der Waals surface area contributed by atoms with Crippen molar-refractivity contribution in [2.75, 3.05) is 26.2 Å². The number of piperidine rings is 2. The van der Waals surface area contributed by atoms with Crippen LogP contribution >= 0.6 is 0 Å². The van der Waals surface area contributed by atoms with Gasteiger partial charge in [-0.25, -0.2) is 4.79 Å². The molecule has 2 fully saturated rings. The van der Waals surface area contributed by atoms with Crippen molar-refractivity contribution >= 4 is 16.2 Å². The van der Waals surface area contributed by atoms with Crippen molar-refractivity contribution in [3.8, 4) is 0 Å². The van der Waals surface area contributed by atoms with Gasteiger partial charge >= 0.3 is 5.97 Å². The molecule has 1 N–H and O–H groups in total. The molecule has 1 atom stereocenters. The maximum atomic E-state index is 12.8. The second-order valence-electron chi connectivity index (χ2n) is 6.59. The normalized spacial score (nSPS) is 23.9. The Balaban J connectivity index is 1.72. The van der Waals surface area contributed by atoms with Crippen LogP contribution in [0.25, 0.3) is 0 Å². The van der Waals surface area contributed by atoms with Crippen LogP contribution in [0, 0.1) is 0 Å². The van der Waals surface area contributed by atoms with Gasteiger partial charge in [-0.3, -0.25) is 0 Å². The van der Waals surface area contributed by atoms with Crippen molar-refractivity contribution in [3.05, 3.63) is 35.4 Å². The summed E-state index contributed by atoms with van der Waals surface area (Å²) in [6.07, 6.45) is 4.74. The zero-order chi connectivity index (χ0) is 17.2. The molecule has 7 heteroatoms. The summed E-state index contributed by atoms with van der Waals surface area (Å²) in [6, 6.07) is 6.81. The fraction of sp³-hybridized carbons (Fsp3) is 0.588. The van der Waals surface area contributed by atoms with Gasteiger partial charge in [-0.15, -0.1) is 0 Å². The van der Waals surface area contributed by atoms with Gasteiger partial charge in [0.15, 0.2) is 0 Å². The molecule has 0 amide bonds. The fourth-order valence-corrected chi connectivity index (χ4v) is 5.36. The van der Waals surface area contributed by atoms with E-state index in [1.165, 1.54) is 0 Å². The van der Waals surface area contributed by atoms with E-state index in [1.54, 1.807) is 20.7 Å². The minimum absolute atomic E-state index is 0.126. The summed E-state index contributed by atoms with van der Waals surface area (Å²) in [5.41, 5.74) is 1.27. The smallest absolute Gasteiger partial charge is 0.335 e. The number of hydrogen-bond donors (Lipinski definition) is 1. The van der Waals surface area contributed by atoms with Crippen molar-refractivity contribution < 1.29 is 18.3 Å². The fourth-order valence-electron chi connectivity index (χ4n) is 3.58. The lowest BCUT2D eigenvalue weighted by Crippen LogP contribution is -2.49. The van der Waals surface area contributed by atoms with Crippen LogP contribution < -0.4 is 0 Å². The molecule has 0 bridgehead atoms. The average molecular weight is 352 g/mol. The number of carbonyl (C=O) groups is 1. The van der Waals surface area contributed by atoms with Crippen LogP contribution in [-0.2, 0) is 10.2 Å². The summed E-state index contributed by atoms with van der Waals surface area (Å²) in [5.74, 6) is -0.819. The van der Waals surface area contributed by atoms with Gasteiger partial charge in [-0.1, -0.05) is 18.6 Å². The molecule has 6 nitrogen and oxygen atoms in total. The van der Waals surface area contributed by atoms with Crippen LogP contribution in [0.15, 0.2) is 24.3 Å². The van der Waals surface area contributed by atoms with Crippen LogP contribution in [-0.4, -0.2) is 54.3 Å². The number of benzene rings is 1. The maximum absolute atomic E-state index is 12.8. The lowest BCUT2D eigenvalue weighted by atomic mass is 9.91. The van der Waals surface area contributed by atoms with Crippen LogP contribution in [0.3, 0.4) is 0 Å². The third kappa shape index (κ3) is 3.63.